The van der Waals surface area contributed by atoms with Gasteiger partial charge in [0.05, 0.1) is 0 Å². The lowest BCUT2D eigenvalue weighted by Crippen LogP contribution is -2.14. The molecular formula is C13H11FN4. The second kappa shape index (κ2) is 4.80. The van der Waals surface area contributed by atoms with Crippen molar-refractivity contribution in [3.63, 3.8) is 0 Å². The van der Waals surface area contributed by atoms with Crippen molar-refractivity contribution in [2.24, 2.45) is 0 Å². The highest BCUT2D eigenvalue weighted by Gasteiger charge is 2.09. The van der Waals surface area contributed by atoms with Crippen molar-refractivity contribution in [3.05, 3.63) is 47.5 Å². The number of hydrogen-bond acceptors (Lipinski definition) is 4. The van der Waals surface area contributed by atoms with Gasteiger partial charge in [0.2, 0.25) is 5.95 Å². The molecule has 18 heavy (non-hydrogen) atoms. The molecule has 1 aromatic carbocycles. The summed E-state index contributed by atoms with van der Waals surface area (Å²) in [5, 5.41) is 8.86. The first-order valence-electron chi connectivity index (χ1n) is 5.35. The maximum Gasteiger partial charge on any atom is 0.231 e. The van der Waals surface area contributed by atoms with E-state index < -0.39 is 0 Å². The molecule has 1 aromatic heterocycles. The normalized spacial score (nSPS) is 9.89. The summed E-state index contributed by atoms with van der Waals surface area (Å²) in [6.45, 7) is 1.78. The second-order valence-corrected chi connectivity index (χ2v) is 3.85. The molecule has 90 valence electrons. The molecule has 0 bridgehead atoms. The molecule has 0 saturated carbocycles. The van der Waals surface area contributed by atoms with Gasteiger partial charge in [-0.05, 0) is 31.2 Å². The van der Waals surface area contributed by atoms with Crippen LogP contribution >= 0.6 is 0 Å². The first-order chi connectivity index (χ1) is 8.60. The zero-order valence-corrected chi connectivity index (χ0v) is 10.1. The van der Waals surface area contributed by atoms with E-state index in [0.29, 0.717) is 23.0 Å². The van der Waals surface area contributed by atoms with E-state index in [2.05, 4.69) is 9.97 Å². The van der Waals surface area contributed by atoms with Crippen LogP contribution in [0.1, 0.15) is 11.4 Å². The summed E-state index contributed by atoms with van der Waals surface area (Å²) in [6.07, 6.45) is 0. The largest absolute Gasteiger partial charge is 0.313 e. The number of anilines is 2. The van der Waals surface area contributed by atoms with E-state index in [4.69, 9.17) is 5.26 Å². The molecule has 0 atom stereocenters. The van der Waals surface area contributed by atoms with Crippen molar-refractivity contribution in [3.8, 4) is 6.07 Å². The lowest BCUT2D eigenvalue weighted by Gasteiger charge is -2.17. The number of nitrogens with zero attached hydrogens (tertiary/aromatic N) is 4. The molecule has 2 rings (SSSR count). The van der Waals surface area contributed by atoms with Crippen LogP contribution in [0.4, 0.5) is 16.0 Å². The van der Waals surface area contributed by atoms with Gasteiger partial charge in [0, 0.05) is 18.4 Å². The van der Waals surface area contributed by atoms with E-state index in [1.807, 2.05) is 6.07 Å². The average Bonchev–Trinajstić information content (AvgIpc) is 2.37. The molecule has 0 N–H and O–H groups in total. The van der Waals surface area contributed by atoms with Gasteiger partial charge in [0.25, 0.3) is 0 Å². The smallest absolute Gasteiger partial charge is 0.231 e. The predicted octanol–water partition coefficient (Wildman–Crippen LogP) is 2.56. The van der Waals surface area contributed by atoms with Crippen LogP contribution in [0, 0.1) is 24.1 Å². The van der Waals surface area contributed by atoms with Crippen LogP contribution in [0.5, 0.6) is 0 Å². The first kappa shape index (κ1) is 12.0. The summed E-state index contributed by atoms with van der Waals surface area (Å²) >= 11 is 0. The molecule has 5 heteroatoms. The maximum absolute atomic E-state index is 13.1. The molecule has 2 aromatic rings. The number of hydrogen-bond donors (Lipinski definition) is 0. The zero-order valence-electron chi connectivity index (χ0n) is 10.1. The van der Waals surface area contributed by atoms with Gasteiger partial charge < -0.3 is 4.90 Å². The molecule has 0 unspecified atom stereocenters. The lowest BCUT2D eigenvalue weighted by molar-refractivity contribution is 0.628. The Bertz CT molecular complexity index is 619. The monoisotopic (exact) mass is 242 g/mol. The fourth-order valence-electron chi connectivity index (χ4n) is 1.56. The molecule has 1 heterocycles. The number of halogens is 1. The highest BCUT2D eigenvalue weighted by molar-refractivity contribution is 5.56. The van der Waals surface area contributed by atoms with Gasteiger partial charge >= 0.3 is 0 Å². The Kier molecular flexibility index (Phi) is 3.20. The molecule has 0 radical (unpaired) electrons. The summed E-state index contributed by atoms with van der Waals surface area (Å²) in [4.78, 5) is 9.95. The predicted molar refractivity (Wildman–Crippen MR) is 65.9 cm³/mol. The third-order valence-corrected chi connectivity index (χ3v) is 2.45. The van der Waals surface area contributed by atoms with Crippen molar-refractivity contribution >= 4 is 11.6 Å². The molecule has 0 amide bonds. The Morgan fingerprint density at radius 2 is 2.06 bits per heavy atom. The minimum Gasteiger partial charge on any atom is -0.313 e. The van der Waals surface area contributed by atoms with Crippen LogP contribution in [-0.4, -0.2) is 17.0 Å². The second-order valence-electron chi connectivity index (χ2n) is 3.85. The van der Waals surface area contributed by atoms with Gasteiger partial charge in [0.15, 0.2) is 0 Å². The van der Waals surface area contributed by atoms with Gasteiger partial charge in [-0.25, -0.2) is 14.4 Å². The summed E-state index contributed by atoms with van der Waals surface area (Å²) in [6, 6.07) is 9.70. The van der Waals surface area contributed by atoms with Crippen LogP contribution < -0.4 is 4.90 Å². The van der Waals surface area contributed by atoms with Crippen molar-refractivity contribution < 1.29 is 4.39 Å². The molecule has 0 aliphatic rings. The Labute approximate surface area is 104 Å². The average molecular weight is 242 g/mol. The number of nitriles is 1. The van der Waals surface area contributed by atoms with Crippen LogP contribution in [0.25, 0.3) is 0 Å². The molecule has 0 saturated heterocycles. The Balaban J connectivity index is 2.43. The quantitative estimate of drug-likeness (QED) is 0.812. The number of benzene rings is 1. The van der Waals surface area contributed by atoms with Gasteiger partial charge in [-0.1, -0.05) is 6.07 Å². The van der Waals surface area contributed by atoms with Gasteiger partial charge in [-0.3, -0.25) is 0 Å². The highest BCUT2D eigenvalue weighted by atomic mass is 19.1. The summed E-state index contributed by atoms with van der Waals surface area (Å²) < 4.78 is 13.1. The van der Waals surface area contributed by atoms with Gasteiger partial charge in [-0.15, -0.1) is 0 Å². The standard InChI is InChI=1S/C13H11FN4/c1-9-6-11(8-15)17-13(16-9)18(2)12-5-3-4-10(14)7-12/h3-7H,1-2H3. The van der Waals surface area contributed by atoms with Crippen LogP contribution in [0.3, 0.4) is 0 Å². The van der Waals surface area contributed by atoms with E-state index in [9.17, 15) is 4.39 Å². The third kappa shape index (κ3) is 2.43. The number of aryl methyl sites for hydroxylation is 1. The third-order valence-electron chi connectivity index (χ3n) is 2.45. The van der Waals surface area contributed by atoms with Crippen LogP contribution in [-0.2, 0) is 0 Å². The Morgan fingerprint density at radius 1 is 1.28 bits per heavy atom. The first-order valence-corrected chi connectivity index (χ1v) is 5.35. The SMILES string of the molecule is Cc1cc(C#N)nc(N(C)c2cccc(F)c2)n1. The summed E-state index contributed by atoms with van der Waals surface area (Å²) in [7, 11) is 1.73. The number of rotatable bonds is 2. The summed E-state index contributed by atoms with van der Waals surface area (Å²) in [5.74, 6) is 0.0460. The van der Waals surface area contributed by atoms with E-state index in [1.165, 1.54) is 12.1 Å². The van der Waals surface area contributed by atoms with E-state index in [-0.39, 0.29) is 5.82 Å². The van der Waals surface area contributed by atoms with E-state index in [0.717, 1.165) is 0 Å². The maximum atomic E-state index is 13.1. The Hall–Kier alpha value is -2.48. The van der Waals surface area contributed by atoms with Crippen molar-refractivity contribution in [1.82, 2.24) is 9.97 Å². The van der Waals surface area contributed by atoms with Crippen LogP contribution in [0.2, 0.25) is 0 Å². The molecule has 0 aliphatic heterocycles. The topological polar surface area (TPSA) is 52.8 Å². The van der Waals surface area contributed by atoms with Crippen molar-refractivity contribution in [2.75, 3.05) is 11.9 Å². The van der Waals surface area contributed by atoms with E-state index >= 15 is 0 Å². The van der Waals surface area contributed by atoms with E-state index in [1.54, 1.807) is 37.1 Å². The van der Waals surface area contributed by atoms with Crippen molar-refractivity contribution in [1.29, 1.82) is 5.26 Å². The van der Waals surface area contributed by atoms with Crippen molar-refractivity contribution in [2.45, 2.75) is 6.92 Å². The minimum absolute atomic E-state index is 0.292. The van der Waals surface area contributed by atoms with Gasteiger partial charge in [0.1, 0.15) is 17.6 Å². The van der Waals surface area contributed by atoms with Gasteiger partial charge in [-0.2, -0.15) is 5.26 Å². The lowest BCUT2D eigenvalue weighted by atomic mass is 10.3. The fourth-order valence-corrected chi connectivity index (χ4v) is 1.56. The summed E-state index contributed by atoms with van der Waals surface area (Å²) in [5.41, 5.74) is 1.62. The fraction of sp³-hybridized carbons (Fsp3) is 0.154. The molecule has 4 nitrogen and oxygen atoms in total. The minimum atomic E-state index is -0.326. The highest BCUT2D eigenvalue weighted by Crippen LogP contribution is 2.21. The Morgan fingerprint density at radius 3 is 2.72 bits per heavy atom. The number of aromatic nitrogens is 2. The molecular weight excluding hydrogens is 231 g/mol. The zero-order chi connectivity index (χ0) is 13.1. The molecule has 0 fully saturated rings. The molecule has 0 spiro atoms. The molecule has 0 aliphatic carbocycles. The van der Waals surface area contributed by atoms with Crippen LogP contribution in [0.15, 0.2) is 30.3 Å².